The number of ether oxygens (including phenoxy) is 1. The minimum atomic E-state index is -0.239. The molecule has 1 fully saturated rings. The Kier molecular flexibility index (Phi) is 2.89. The van der Waals surface area contributed by atoms with Crippen molar-refractivity contribution < 1.29 is 9.13 Å². The lowest BCUT2D eigenvalue weighted by Gasteiger charge is -2.12. The normalized spacial score (nSPS) is 17.2. The van der Waals surface area contributed by atoms with Crippen LogP contribution in [-0.2, 0) is 6.42 Å². The van der Waals surface area contributed by atoms with E-state index in [1.807, 2.05) is 13.0 Å². The van der Waals surface area contributed by atoms with Gasteiger partial charge in [0.15, 0.2) is 11.6 Å². The molecule has 2 nitrogen and oxygen atoms in total. The van der Waals surface area contributed by atoms with Gasteiger partial charge in [0.05, 0.1) is 7.11 Å². The first-order chi connectivity index (χ1) is 7.54. The van der Waals surface area contributed by atoms with Gasteiger partial charge in [0.25, 0.3) is 0 Å². The van der Waals surface area contributed by atoms with Gasteiger partial charge in [-0.05, 0) is 49.8 Å². The molecule has 0 aliphatic heterocycles. The maximum Gasteiger partial charge on any atom is 0.168 e. The molecule has 0 saturated heterocycles. The van der Waals surface area contributed by atoms with Crippen molar-refractivity contribution in [3.05, 3.63) is 29.1 Å². The highest BCUT2D eigenvalue weighted by atomic mass is 19.1. The third-order valence-corrected chi connectivity index (χ3v) is 3.26. The van der Waals surface area contributed by atoms with E-state index < -0.39 is 0 Å². The first-order valence-electron chi connectivity index (χ1n) is 5.66. The molecule has 1 aromatic carbocycles. The predicted octanol–water partition coefficient (Wildman–Crippen LogP) is 2.57. The number of aryl methyl sites for hydroxylation is 2. The summed E-state index contributed by atoms with van der Waals surface area (Å²) in [4.78, 5) is 0. The third-order valence-electron chi connectivity index (χ3n) is 3.26. The van der Waals surface area contributed by atoms with Crippen LogP contribution in [0.2, 0.25) is 0 Å². The second kappa shape index (κ2) is 4.06. The lowest BCUT2D eigenvalue weighted by Crippen LogP contribution is -2.22. The SMILES string of the molecule is COc1cc(C)cc(CCC2(N)CC2)c1F. The third kappa shape index (κ3) is 2.35. The topological polar surface area (TPSA) is 35.2 Å². The molecule has 2 N–H and O–H groups in total. The van der Waals surface area contributed by atoms with E-state index in [1.54, 1.807) is 6.07 Å². The fourth-order valence-corrected chi connectivity index (χ4v) is 1.93. The first-order valence-corrected chi connectivity index (χ1v) is 5.66. The molecule has 0 aromatic heterocycles. The van der Waals surface area contributed by atoms with Gasteiger partial charge in [0.1, 0.15) is 0 Å². The summed E-state index contributed by atoms with van der Waals surface area (Å²) in [6.07, 6.45) is 3.69. The van der Waals surface area contributed by atoms with E-state index in [9.17, 15) is 4.39 Å². The summed E-state index contributed by atoms with van der Waals surface area (Å²) in [5.41, 5.74) is 7.71. The van der Waals surface area contributed by atoms with Crippen LogP contribution in [0.1, 0.15) is 30.4 Å². The molecule has 16 heavy (non-hydrogen) atoms. The second-order valence-corrected chi connectivity index (χ2v) is 4.80. The molecule has 0 atom stereocenters. The number of benzene rings is 1. The fraction of sp³-hybridized carbons (Fsp3) is 0.538. The van der Waals surface area contributed by atoms with Crippen LogP contribution in [0.3, 0.4) is 0 Å². The van der Waals surface area contributed by atoms with Crippen LogP contribution in [0, 0.1) is 12.7 Å². The molecular weight excluding hydrogens is 205 g/mol. The highest BCUT2D eigenvalue weighted by Crippen LogP contribution is 2.37. The van der Waals surface area contributed by atoms with Crippen molar-refractivity contribution >= 4 is 0 Å². The molecule has 0 amide bonds. The van der Waals surface area contributed by atoms with E-state index >= 15 is 0 Å². The Bertz CT molecular complexity index is 399. The van der Waals surface area contributed by atoms with Crippen LogP contribution in [0.15, 0.2) is 12.1 Å². The Morgan fingerprint density at radius 2 is 2.12 bits per heavy atom. The zero-order valence-corrected chi connectivity index (χ0v) is 9.85. The number of rotatable bonds is 4. The number of hydrogen-bond acceptors (Lipinski definition) is 2. The summed E-state index contributed by atoms with van der Waals surface area (Å²) >= 11 is 0. The van der Waals surface area contributed by atoms with E-state index in [0.717, 1.165) is 24.8 Å². The lowest BCUT2D eigenvalue weighted by molar-refractivity contribution is 0.383. The highest BCUT2D eigenvalue weighted by molar-refractivity contribution is 5.36. The maximum atomic E-state index is 13.9. The van der Waals surface area contributed by atoms with Gasteiger partial charge in [-0.25, -0.2) is 4.39 Å². The van der Waals surface area contributed by atoms with Crippen LogP contribution in [0.5, 0.6) is 5.75 Å². The van der Waals surface area contributed by atoms with Gasteiger partial charge in [-0.1, -0.05) is 6.07 Å². The monoisotopic (exact) mass is 223 g/mol. The van der Waals surface area contributed by atoms with Crippen LogP contribution in [-0.4, -0.2) is 12.6 Å². The van der Waals surface area contributed by atoms with Gasteiger partial charge in [-0.2, -0.15) is 0 Å². The minimum Gasteiger partial charge on any atom is -0.494 e. The van der Waals surface area contributed by atoms with E-state index in [2.05, 4.69) is 0 Å². The number of nitrogens with two attached hydrogens (primary N) is 1. The molecular formula is C13H18FNO. The van der Waals surface area contributed by atoms with Crippen molar-refractivity contribution in [1.29, 1.82) is 0 Å². The molecule has 1 aliphatic carbocycles. The van der Waals surface area contributed by atoms with Crippen LogP contribution in [0.25, 0.3) is 0 Å². The molecule has 0 bridgehead atoms. The molecule has 2 rings (SSSR count). The van der Waals surface area contributed by atoms with Crippen molar-refractivity contribution in [2.24, 2.45) is 5.73 Å². The Morgan fingerprint density at radius 1 is 1.44 bits per heavy atom. The maximum absolute atomic E-state index is 13.9. The number of halogens is 1. The molecule has 3 heteroatoms. The number of methoxy groups -OCH3 is 1. The molecule has 1 aromatic rings. The summed E-state index contributed by atoms with van der Waals surface area (Å²) in [6.45, 7) is 1.95. The van der Waals surface area contributed by atoms with E-state index in [-0.39, 0.29) is 11.4 Å². The van der Waals surface area contributed by atoms with Crippen LogP contribution >= 0.6 is 0 Å². The molecule has 88 valence electrons. The molecule has 0 heterocycles. The van der Waals surface area contributed by atoms with Gasteiger partial charge >= 0.3 is 0 Å². The average Bonchev–Trinajstić information content (AvgIpc) is 2.98. The van der Waals surface area contributed by atoms with Crippen LogP contribution in [0.4, 0.5) is 4.39 Å². The number of hydrogen-bond donors (Lipinski definition) is 1. The van der Waals surface area contributed by atoms with Gasteiger partial charge < -0.3 is 10.5 Å². The van der Waals surface area contributed by atoms with Gasteiger partial charge in [-0.15, -0.1) is 0 Å². The smallest absolute Gasteiger partial charge is 0.168 e. The quantitative estimate of drug-likeness (QED) is 0.851. The Labute approximate surface area is 95.6 Å². The van der Waals surface area contributed by atoms with Crippen molar-refractivity contribution in [3.63, 3.8) is 0 Å². The minimum absolute atomic E-state index is 0.0244. The lowest BCUT2D eigenvalue weighted by atomic mass is 10.0. The van der Waals surface area contributed by atoms with Gasteiger partial charge in [-0.3, -0.25) is 0 Å². The summed E-state index contributed by atoms with van der Waals surface area (Å²) in [5, 5.41) is 0. The van der Waals surface area contributed by atoms with E-state index in [0.29, 0.717) is 17.7 Å². The zero-order chi connectivity index (χ0) is 11.8. The first kappa shape index (κ1) is 11.4. The summed E-state index contributed by atoms with van der Waals surface area (Å²) in [5.74, 6) is 0.0919. The van der Waals surface area contributed by atoms with Gasteiger partial charge in [0, 0.05) is 5.54 Å². The summed E-state index contributed by atoms with van der Waals surface area (Å²) in [6, 6.07) is 3.60. The Morgan fingerprint density at radius 3 is 2.69 bits per heavy atom. The predicted molar refractivity (Wildman–Crippen MR) is 62.2 cm³/mol. The van der Waals surface area contributed by atoms with Crippen LogP contribution < -0.4 is 10.5 Å². The largest absolute Gasteiger partial charge is 0.494 e. The molecule has 1 saturated carbocycles. The van der Waals surface area contributed by atoms with E-state index in [4.69, 9.17) is 10.5 Å². The van der Waals surface area contributed by atoms with Crippen molar-refractivity contribution in [1.82, 2.24) is 0 Å². The van der Waals surface area contributed by atoms with Crippen molar-refractivity contribution in [2.45, 2.75) is 38.1 Å². The van der Waals surface area contributed by atoms with Crippen molar-refractivity contribution in [2.75, 3.05) is 7.11 Å². The molecule has 0 radical (unpaired) electrons. The highest BCUT2D eigenvalue weighted by Gasteiger charge is 2.37. The van der Waals surface area contributed by atoms with Gasteiger partial charge in [0.2, 0.25) is 0 Å². The Hall–Kier alpha value is -1.09. The molecule has 0 unspecified atom stereocenters. The average molecular weight is 223 g/mol. The molecule has 0 spiro atoms. The second-order valence-electron chi connectivity index (χ2n) is 4.80. The summed E-state index contributed by atoms with van der Waals surface area (Å²) < 4.78 is 18.9. The van der Waals surface area contributed by atoms with E-state index in [1.165, 1.54) is 7.11 Å². The Balaban J connectivity index is 2.15. The standard InChI is InChI=1S/C13H18FNO/c1-9-7-10(3-4-13(15)5-6-13)12(14)11(8-9)16-2/h7-8H,3-6,15H2,1-2H3. The molecule has 1 aliphatic rings. The summed E-state index contributed by atoms with van der Waals surface area (Å²) in [7, 11) is 1.49. The zero-order valence-electron chi connectivity index (χ0n) is 9.85. The fourth-order valence-electron chi connectivity index (χ4n) is 1.93. The van der Waals surface area contributed by atoms with Crippen molar-refractivity contribution in [3.8, 4) is 5.75 Å².